The van der Waals surface area contributed by atoms with Crippen LogP contribution in [-0.2, 0) is 4.79 Å². The minimum absolute atomic E-state index is 0.280. The molecule has 0 aromatic carbocycles. The monoisotopic (exact) mass is 274 g/mol. The van der Waals surface area contributed by atoms with Gasteiger partial charge in [-0.25, -0.2) is 0 Å². The Morgan fingerprint density at radius 2 is 1.85 bits per heavy atom. The van der Waals surface area contributed by atoms with Crippen LogP contribution in [0.15, 0.2) is 12.2 Å². The van der Waals surface area contributed by atoms with Gasteiger partial charge in [-0.1, -0.05) is 50.5 Å². The molecule has 2 nitrogen and oxygen atoms in total. The van der Waals surface area contributed by atoms with Gasteiger partial charge in [0.1, 0.15) is 0 Å². The molecule has 2 heteroatoms. The molecule has 0 aliphatic rings. The summed E-state index contributed by atoms with van der Waals surface area (Å²) in [5.41, 5.74) is 0. The SMILES string of the molecule is CCCCCC=CC#CC#CCCCCCCC(=O)O. The molecule has 0 saturated heterocycles. The van der Waals surface area contributed by atoms with Gasteiger partial charge in [-0.05, 0) is 43.6 Å². The molecule has 0 spiro atoms. The summed E-state index contributed by atoms with van der Waals surface area (Å²) in [6, 6.07) is 0. The normalized spacial score (nSPS) is 9.65. The highest BCUT2D eigenvalue weighted by Crippen LogP contribution is 2.04. The van der Waals surface area contributed by atoms with Crippen molar-refractivity contribution >= 4 is 5.97 Å². The van der Waals surface area contributed by atoms with Gasteiger partial charge >= 0.3 is 5.97 Å². The standard InChI is InChI=1S/C18H26O2/c1-2-3-4-5-6-7-8-9-10-11-12-13-14-15-16-17-18(19)20/h6-7H,2-5,12-17H2,1H3,(H,19,20). The lowest BCUT2D eigenvalue weighted by Gasteiger charge is -1.95. The maximum Gasteiger partial charge on any atom is 0.303 e. The first kappa shape index (κ1) is 18.3. The number of aliphatic carboxylic acids is 1. The highest BCUT2D eigenvalue weighted by atomic mass is 16.4. The van der Waals surface area contributed by atoms with E-state index in [1.165, 1.54) is 19.3 Å². The summed E-state index contributed by atoms with van der Waals surface area (Å²) >= 11 is 0. The molecule has 0 atom stereocenters. The first-order valence-electron chi connectivity index (χ1n) is 7.62. The molecule has 0 bridgehead atoms. The zero-order valence-electron chi connectivity index (χ0n) is 12.6. The van der Waals surface area contributed by atoms with Gasteiger partial charge in [0.05, 0.1) is 0 Å². The molecule has 20 heavy (non-hydrogen) atoms. The summed E-state index contributed by atoms with van der Waals surface area (Å²) in [5, 5.41) is 8.47. The molecule has 0 unspecified atom stereocenters. The van der Waals surface area contributed by atoms with E-state index in [1.807, 2.05) is 6.08 Å². The Morgan fingerprint density at radius 3 is 2.60 bits per heavy atom. The summed E-state index contributed by atoms with van der Waals surface area (Å²) < 4.78 is 0. The third-order valence-electron chi connectivity index (χ3n) is 2.84. The predicted molar refractivity (Wildman–Crippen MR) is 84.2 cm³/mol. The molecular weight excluding hydrogens is 248 g/mol. The molecule has 1 N–H and O–H groups in total. The summed E-state index contributed by atoms with van der Waals surface area (Å²) in [6.45, 7) is 2.20. The topological polar surface area (TPSA) is 37.3 Å². The maximum atomic E-state index is 10.3. The van der Waals surface area contributed by atoms with E-state index in [4.69, 9.17) is 5.11 Å². The summed E-state index contributed by atoms with van der Waals surface area (Å²) in [6.07, 6.45) is 13.8. The molecule has 0 heterocycles. The van der Waals surface area contributed by atoms with Crippen molar-refractivity contribution in [1.82, 2.24) is 0 Å². The van der Waals surface area contributed by atoms with Gasteiger partial charge in [-0.3, -0.25) is 4.79 Å². The maximum absolute atomic E-state index is 10.3. The Bertz CT molecular complexity index is 385. The first-order chi connectivity index (χ1) is 9.77. The van der Waals surface area contributed by atoms with Gasteiger partial charge in [-0.2, -0.15) is 0 Å². The van der Waals surface area contributed by atoms with Crippen molar-refractivity contribution in [1.29, 1.82) is 0 Å². The third-order valence-corrected chi connectivity index (χ3v) is 2.84. The lowest BCUT2D eigenvalue weighted by atomic mass is 10.1. The number of rotatable bonds is 10. The van der Waals surface area contributed by atoms with Crippen molar-refractivity contribution in [3.05, 3.63) is 12.2 Å². The molecule has 0 aliphatic heterocycles. The Hall–Kier alpha value is -1.67. The average molecular weight is 274 g/mol. The third kappa shape index (κ3) is 16.3. The molecule has 0 aliphatic carbocycles. The first-order valence-corrected chi connectivity index (χ1v) is 7.62. The van der Waals surface area contributed by atoms with Crippen molar-refractivity contribution in [2.75, 3.05) is 0 Å². The molecule has 0 aromatic rings. The highest BCUT2D eigenvalue weighted by Gasteiger charge is 1.95. The van der Waals surface area contributed by atoms with Crippen LogP contribution in [0.25, 0.3) is 0 Å². The Labute approximate surface area is 123 Å². The van der Waals surface area contributed by atoms with Crippen LogP contribution in [0, 0.1) is 23.7 Å². The molecule has 0 rings (SSSR count). The minimum Gasteiger partial charge on any atom is -0.481 e. The van der Waals surface area contributed by atoms with Crippen LogP contribution in [0.3, 0.4) is 0 Å². The van der Waals surface area contributed by atoms with E-state index in [-0.39, 0.29) is 6.42 Å². The van der Waals surface area contributed by atoms with Crippen LogP contribution in [-0.4, -0.2) is 11.1 Å². The van der Waals surface area contributed by atoms with Gasteiger partial charge in [-0.15, -0.1) is 0 Å². The van der Waals surface area contributed by atoms with E-state index in [0.717, 1.165) is 38.5 Å². The van der Waals surface area contributed by atoms with Gasteiger partial charge in [0, 0.05) is 12.8 Å². The largest absolute Gasteiger partial charge is 0.481 e. The van der Waals surface area contributed by atoms with Crippen molar-refractivity contribution < 1.29 is 9.90 Å². The van der Waals surface area contributed by atoms with Crippen LogP contribution in [0.1, 0.15) is 71.1 Å². The summed E-state index contributed by atoms with van der Waals surface area (Å²) in [4.78, 5) is 10.3. The average Bonchev–Trinajstić information content (AvgIpc) is 2.43. The second-order valence-corrected chi connectivity index (χ2v) is 4.78. The van der Waals surface area contributed by atoms with Crippen LogP contribution in [0.5, 0.6) is 0 Å². The molecule has 0 amide bonds. The molecule has 0 radical (unpaired) electrons. The van der Waals surface area contributed by atoms with Gasteiger partial charge in [0.15, 0.2) is 0 Å². The fraction of sp³-hybridized carbons (Fsp3) is 0.611. The predicted octanol–water partition coefficient (Wildman–Crippen LogP) is 4.55. The Morgan fingerprint density at radius 1 is 1.05 bits per heavy atom. The highest BCUT2D eigenvalue weighted by molar-refractivity contribution is 5.66. The summed E-state index contributed by atoms with van der Waals surface area (Å²) in [5.74, 6) is 10.9. The van der Waals surface area contributed by atoms with E-state index < -0.39 is 5.97 Å². The van der Waals surface area contributed by atoms with Crippen LogP contribution in [0.2, 0.25) is 0 Å². The fourth-order valence-corrected chi connectivity index (χ4v) is 1.68. The van der Waals surface area contributed by atoms with Gasteiger partial charge < -0.3 is 5.11 Å². The van der Waals surface area contributed by atoms with Crippen molar-refractivity contribution in [3.63, 3.8) is 0 Å². The molecule has 0 fully saturated rings. The number of unbranched alkanes of at least 4 members (excludes halogenated alkanes) is 7. The lowest BCUT2D eigenvalue weighted by molar-refractivity contribution is -0.137. The zero-order chi connectivity index (χ0) is 14.9. The number of carboxylic acids is 1. The molecule has 110 valence electrons. The lowest BCUT2D eigenvalue weighted by Crippen LogP contribution is -1.93. The van der Waals surface area contributed by atoms with E-state index in [0.29, 0.717) is 0 Å². The van der Waals surface area contributed by atoms with Crippen LogP contribution < -0.4 is 0 Å². The smallest absolute Gasteiger partial charge is 0.303 e. The van der Waals surface area contributed by atoms with E-state index in [9.17, 15) is 4.79 Å². The Kier molecular flexibility index (Phi) is 14.1. The fourth-order valence-electron chi connectivity index (χ4n) is 1.68. The number of carbonyl (C=O) groups is 1. The van der Waals surface area contributed by atoms with Crippen molar-refractivity contribution in [3.8, 4) is 23.7 Å². The van der Waals surface area contributed by atoms with E-state index in [2.05, 4.69) is 36.7 Å². The number of carboxylic acid groups (broad SMARTS) is 1. The van der Waals surface area contributed by atoms with E-state index >= 15 is 0 Å². The molecular formula is C18H26O2. The second-order valence-electron chi connectivity index (χ2n) is 4.78. The number of hydrogen-bond acceptors (Lipinski definition) is 1. The van der Waals surface area contributed by atoms with Crippen LogP contribution >= 0.6 is 0 Å². The van der Waals surface area contributed by atoms with E-state index in [1.54, 1.807) is 0 Å². The molecule has 0 aromatic heterocycles. The Balaban J connectivity index is 3.42. The quantitative estimate of drug-likeness (QED) is 0.468. The van der Waals surface area contributed by atoms with Crippen molar-refractivity contribution in [2.45, 2.75) is 71.1 Å². The van der Waals surface area contributed by atoms with Crippen LogP contribution in [0.4, 0.5) is 0 Å². The number of hydrogen-bond donors (Lipinski definition) is 1. The zero-order valence-corrected chi connectivity index (χ0v) is 12.6. The summed E-state index contributed by atoms with van der Waals surface area (Å²) in [7, 11) is 0. The van der Waals surface area contributed by atoms with Crippen molar-refractivity contribution in [2.24, 2.45) is 0 Å². The molecule has 0 saturated carbocycles. The number of allylic oxidation sites excluding steroid dienone is 2. The minimum atomic E-state index is -0.706. The van der Waals surface area contributed by atoms with Gasteiger partial charge in [0.25, 0.3) is 0 Å². The van der Waals surface area contributed by atoms with Gasteiger partial charge in [0.2, 0.25) is 0 Å². The second kappa shape index (κ2) is 15.4.